The van der Waals surface area contributed by atoms with Crippen LogP contribution in [-0.4, -0.2) is 32.2 Å². The predicted octanol–water partition coefficient (Wildman–Crippen LogP) is 2.70. The number of benzene rings is 1. The molecule has 2 N–H and O–H groups in total. The van der Waals surface area contributed by atoms with E-state index in [1.807, 2.05) is 32.9 Å². The maximum Gasteiger partial charge on any atom is 0.227 e. The maximum absolute atomic E-state index is 12.3. The van der Waals surface area contributed by atoms with Gasteiger partial charge in [0.05, 0.1) is 18.9 Å². The van der Waals surface area contributed by atoms with E-state index in [1.54, 1.807) is 13.2 Å². The van der Waals surface area contributed by atoms with Crippen LogP contribution in [0.15, 0.2) is 18.2 Å². The number of carbonyl (C=O) groups excluding carboxylic acids is 1. The number of halogens is 1. The fourth-order valence-corrected chi connectivity index (χ4v) is 2.22. The highest BCUT2D eigenvalue weighted by Gasteiger charge is 2.29. The van der Waals surface area contributed by atoms with E-state index in [0.717, 1.165) is 13.1 Å². The Labute approximate surface area is 138 Å². The van der Waals surface area contributed by atoms with Gasteiger partial charge >= 0.3 is 0 Å². The number of hydrogen-bond donors (Lipinski definition) is 2. The lowest BCUT2D eigenvalue weighted by atomic mass is 9.88. The Morgan fingerprint density at radius 3 is 2.50 bits per heavy atom. The monoisotopic (exact) mass is 328 g/mol. The molecule has 1 fully saturated rings. The molecule has 22 heavy (non-hydrogen) atoms. The smallest absolute Gasteiger partial charge is 0.227 e. The van der Waals surface area contributed by atoms with E-state index >= 15 is 0 Å². The second kappa shape index (κ2) is 8.25. The van der Waals surface area contributed by atoms with Crippen molar-refractivity contribution in [1.29, 1.82) is 0 Å². The van der Waals surface area contributed by atoms with Gasteiger partial charge in [-0.25, -0.2) is 0 Å². The predicted molar refractivity (Wildman–Crippen MR) is 90.2 cm³/mol. The van der Waals surface area contributed by atoms with Crippen LogP contribution in [0.25, 0.3) is 0 Å². The highest BCUT2D eigenvalue weighted by atomic mass is 35.5. The molecule has 1 aliphatic heterocycles. The number of anilines is 1. The molecule has 5 nitrogen and oxygen atoms in total. The van der Waals surface area contributed by atoms with Crippen LogP contribution in [0.3, 0.4) is 0 Å². The molecule has 1 heterocycles. The number of carbonyl (C=O) groups is 1. The molecule has 0 radical (unpaired) electrons. The first-order valence-electron chi connectivity index (χ1n) is 7.37. The zero-order valence-corrected chi connectivity index (χ0v) is 14.3. The molecule has 1 saturated heterocycles. The van der Waals surface area contributed by atoms with Gasteiger partial charge in [-0.1, -0.05) is 6.92 Å². The third kappa shape index (κ3) is 4.52. The number of methoxy groups -OCH3 is 1. The summed E-state index contributed by atoms with van der Waals surface area (Å²) < 4.78 is 11.0. The molecule has 1 unspecified atom stereocenters. The highest BCUT2D eigenvalue weighted by Crippen LogP contribution is 2.31. The summed E-state index contributed by atoms with van der Waals surface area (Å²) in [6.45, 7) is 7.69. The van der Waals surface area contributed by atoms with Crippen LogP contribution in [0.5, 0.6) is 11.5 Å². The second-order valence-electron chi connectivity index (χ2n) is 5.72. The zero-order valence-electron chi connectivity index (χ0n) is 13.5. The number of hydrogen-bond acceptors (Lipinski definition) is 4. The fourth-order valence-electron chi connectivity index (χ4n) is 2.22. The van der Waals surface area contributed by atoms with E-state index < -0.39 is 0 Å². The van der Waals surface area contributed by atoms with Gasteiger partial charge in [0.25, 0.3) is 0 Å². The van der Waals surface area contributed by atoms with E-state index in [1.165, 1.54) is 0 Å². The van der Waals surface area contributed by atoms with Crippen molar-refractivity contribution in [3.8, 4) is 11.5 Å². The Morgan fingerprint density at radius 1 is 1.32 bits per heavy atom. The van der Waals surface area contributed by atoms with Gasteiger partial charge in [-0.15, -0.1) is 12.4 Å². The van der Waals surface area contributed by atoms with Gasteiger partial charge in [0.2, 0.25) is 5.91 Å². The molecule has 1 atom stereocenters. The number of amides is 1. The standard InChI is InChI=1S/C16H24N2O3.ClH/c1-10(2)21-15-6-5-13(20-4)7-14(15)18-16(19)11(3)12-8-17-9-12;/h5-7,10-12,17H,8-9H2,1-4H3,(H,18,19);1H. The minimum absolute atomic E-state index is 0. The van der Waals surface area contributed by atoms with Crippen molar-refractivity contribution < 1.29 is 14.3 Å². The highest BCUT2D eigenvalue weighted by molar-refractivity contribution is 5.94. The fraction of sp³-hybridized carbons (Fsp3) is 0.562. The molecule has 2 rings (SSSR count). The Hall–Kier alpha value is -1.46. The Bertz CT molecular complexity index is 504. The van der Waals surface area contributed by atoms with Crippen molar-refractivity contribution in [2.75, 3.05) is 25.5 Å². The molecule has 0 aliphatic carbocycles. The molecule has 0 bridgehead atoms. The van der Waals surface area contributed by atoms with Crippen molar-refractivity contribution in [1.82, 2.24) is 5.32 Å². The molecule has 6 heteroatoms. The molecule has 0 saturated carbocycles. The Kier molecular flexibility index (Phi) is 6.97. The van der Waals surface area contributed by atoms with E-state index in [4.69, 9.17) is 9.47 Å². The van der Waals surface area contributed by atoms with Gasteiger partial charge in [-0.2, -0.15) is 0 Å². The topological polar surface area (TPSA) is 59.6 Å². The SMILES string of the molecule is COc1ccc(OC(C)C)c(NC(=O)C(C)C2CNC2)c1.Cl. The molecule has 1 aromatic rings. The molecule has 124 valence electrons. The Balaban J connectivity index is 0.00000242. The minimum atomic E-state index is -0.0237. The minimum Gasteiger partial charge on any atom is -0.497 e. The van der Waals surface area contributed by atoms with Gasteiger partial charge in [-0.05, 0) is 45.0 Å². The zero-order chi connectivity index (χ0) is 15.4. The summed E-state index contributed by atoms with van der Waals surface area (Å²) in [6.07, 6.45) is 0.0438. The lowest BCUT2D eigenvalue weighted by molar-refractivity contribution is -0.121. The molecular formula is C16H25ClN2O3. The van der Waals surface area contributed by atoms with Crippen molar-refractivity contribution in [2.45, 2.75) is 26.9 Å². The molecule has 1 amide bonds. The van der Waals surface area contributed by atoms with Crippen LogP contribution in [0.2, 0.25) is 0 Å². The number of nitrogens with one attached hydrogen (secondary N) is 2. The van der Waals surface area contributed by atoms with Crippen LogP contribution in [0.1, 0.15) is 20.8 Å². The quantitative estimate of drug-likeness (QED) is 0.843. The van der Waals surface area contributed by atoms with Crippen LogP contribution in [0.4, 0.5) is 5.69 Å². The van der Waals surface area contributed by atoms with E-state index in [2.05, 4.69) is 10.6 Å². The van der Waals surface area contributed by atoms with Crippen molar-refractivity contribution in [2.24, 2.45) is 11.8 Å². The summed E-state index contributed by atoms with van der Waals surface area (Å²) >= 11 is 0. The summed E-state index contributed by atoms with van der Waals surface area (Å²) in [5.41, 5.74) is 0.659. The van der Waals surface area contributed by atoms with Gasteiger partial charge in [0.1, 0.15) is 11.5 Å². The summed E-state index contributed by atoms with van der Waals surface area (Å²) in [5.74, 6) is 1.76. The van der Waals surface area contributed by atoms with Crippen LogP contribution < -0.4 is 20.1 Å². The summed E-state index contributed by atoms with van der Waals surface area (Å²) in [4.78, 5) is 12.3. The maximum atomic E-state index is 12.3. The number of rotatable bonds is 6. The van der Waals surface area contributed by atoms with Crippen molar-refractivity contribution in [3.63, 3.8) is 0 Å². The number of ether oxygens (including phenoxy) is 2. The van der Waals surface area contributed by atoms with Gasteiger partial charge in [0, 0.05) is 12.0 Å². The van der Waals surface area contributed by atoms with E-state index in [0.29, 0.717) is 23.1 Å². The van der Waals surface area contributed by atoms with E-state index in [-0.39, 0.29) is 30.3 Å². The van der Waals surface area contributed by atoms with Gasteiger partial charge in [0.15, 0.2) is 0 Å². The van der Waals surface area contributed by atoms with Gasteiger partial charge in [-0.3, -0.25) is 4.79 Å². The second-order valence-corrected chi connectivity index (χ2v) is 5.72. The molecule has 1 aliphatic rings. The van der Waals surface area contributed by atoms with Crippen LogP contribution in [-0.2, 0) is 4.79 Å². The first-order valence-corrected chi connectivity index (χ1v) is 7.37. The lowest BCUT2D eigenvalue weighted by Crippen LogP contribution is -2.48. The van der Waals surface area contributed by atoms with Crippen LogP contribution >= 0.6 is 12.4 Å². The summed E-state index contributed by atoms with van der Waals surface area (Å²) in [7, 11) is 1.60. The first-order chi connectivity index (χ1) is 10.0. The molecule has 0 aromatic heterocycles. The lowest BCUT2D eigenvalue weighted by Gasteiger charge is -2.31. The Morgan fingerprint density at radius 2 is 2.00 bits per heavy atom. The average Bonchev–Trinajstić information content (AvgIpc) is 2.38. The third-order valence-electron chi connectivity index (χ3n) is 3.74. The summed E-state index contributed by atoms with van der Waals surface area (Å²) in [6, 6.07) is 5.44. The van der Waals surface area contributed by atoms with E-state index in [9.17, 15) is 4.79 Å². The molecular weight excluding hydrogens is 304 g/mol. The molecule has 1 aromatic carbocycles. The third-order valence-corrected chi connectivity index (χ3v) is 3.74. The largest absolute Gasteiger partial charge is 0.497 e. The van der Waals surface area contributed by atoms with Gasteiger partial charge < -0.3 is 20.1 Å². The first kappa shape index (κ1) is 18.6. The molecule has 0 spiro atoms. The van der Waals surface area contributed by atoms with Crippen LogP contribution in [0, 0.1) is 11.8 Å². The average molecular weight is 329 g/mol. The van der Waals surface area contributed by atoms with Crippen molar-refractivity contribution >= 4 is 24.0 Å². The normalized spacial score (nSPS) is 15.5. The summed E-state index contributed by atoms with van der Waals surface area (Å²) in [5, 5.41) is 6.16. The van der Waals surface area contributed by atoms with Crippen molar-refractivity contribution in [3.05, 3.63) is 18.2 Å².